The second kappa shape index (κ2) is 18.4. The van der Waals surface area contributed by atoms with E-state index in [9.17, 15) is 24.9 Å². The highest BCUT2D eigenvalue weighted by Crippen LogP contribution is 2.36. The van der Waals surface area contributed by atoms with E-state index in [-0.39, 0.29) is 49.4 Å². The molecule has 0 aliphatic rings. The number of carbonyl (C=O) groups excluding carboxylic acids is 2. The maximum atomic E-state index is 13.6. The van der Waals surface area contributed by atoms with Gasteiger partial charge in [-0.05, 0) is 70.0 Å². The molecule has 336 valence electrons. The van der Waals surface area contributed by atoms with Gasteiger partial charge in [0.25, 0.3) is 11.8 Å². The summed E-state index contributed by atoms with van der Waals surface area (Å²) in [6, 6.07) is 26.0. The quantitative estimate of drug-likeness (QED) is 0.0401. The maximum absolute atomic E-state index is 13.6. The first-order valence-electron chi connectivity index (χ1n) is 20.8. The van der Waals surface area contributed by atoms with Gasteiger partial charge in [-0.15, -0.1) is 0 Å². The minimum Gasteiger partial charge on any atom is -0.507 e. The topological polar surface area (TPSA) is 269 Å². The van der Waals surface area contributed by atoms with Crippen LogP contribution in [0.15, 0.2) is 133 Å². The average molecular weight is 962 g/mol. The molecule has 2 atom stereocenters. The van der Waals surface area contributed by atoms with Gasteiger partial charge in [-0.25, -0.2) is 34.2 Å². The summed E-state index contributed by atoms with van der Waals surface area (Å²) in [6.45, 7) is 7.56. The van der Waals surface area contributed by atoms with Crippen LogP contribution in [0.4, 0.5) is 11.6 Å². The minimum atomic E-state index is -1.32. The Labute approximate surface area is 389 Å². The van der Waals surface area contributed by atoms with Crippen LogP contribution in [0.5, 0.6) is 5.75 Å². The molecule has 0 aliphatic heterocycles. The van der Waals surface area contributed by atoms with Crippen molar-refractivity contribution < 1.29 is 24.9 Å². The van der Waals surface area contributed by atoms with Crippen LogP contribution in [-0.2, 0) is 17.9 Å². The second-order valence-corrected chi connectivity index (χ2v) is 16.2. The third kappa shape index (κ3) is 8.48. The van der Waals surface area contributed by atoms with Gasteiger partial charge in [0.15, 0.2) is 17.1 Å². The summed E-state index contributed by atoms with van der Waals surface area (Å²) in [5.74, 6) is -0.481. The zero-order chi connectivity index (χ0) is 46.9. The van der Waals surface area contributed by atoms with E-state index in [1.54, 1.807) is 88.4 Å². The molecule has 9 aromatic rings. The van der Waals surface area contributed by atoms with E-state index in [1.807, 2.05) is 18.2 Å². The number of nitrogens with two attached hydrogens (primary N) is 2. The number of H-pyrrole nitrogens is 1. The number of phenolic OH excluding ortho intramolecular Hbond substituents is 1. The number of hydrogen-bond acceptors (Lipinski definition) is 15. The predicted molar refractivity (Wildman–Crippen MR) is 255 cm³/mol. The number of rotatable bonds is 15. The number of nitrogen functional groups attached to an aromatic ring is 2. The van der Waals surface area contributed by atoms with Crippen molar-refractivity contribution in [3.8, 4) is 39.7 Å². The fourth-order valence-corrected chi connectivity index (χ4v) is 8.06. The number of anilines is 2. The normalized spacial score (nSPS) is 12.5. The summed E-state index contributed by atoms with van der Waals surface area (Å²) >= 11 is 3.31. The Hall–Kier alpha value is -8.17. The van der Waals surface area contributed by atoms with Gasteiger partial charge >= 0.3 is 0 Å². The molecule has 19 nitrogen and oxygen atoms in total. The third-order valence-electron chi connectivity index (χ3n) is 11.3. The Bertz CT molecular complexity index is 3350. The molecule has 2 unspecified atom stereocenters. The molecule has 4 aromatic carbocycles. The molecule has 5 aromatic heterocycles. The van der Waals surface area contributed by atoms with Crippen molar-refractivity contribution in [1.29, 1.82) is 0 Å². The van der Waals surface area contributed by atoms with Gasteiger partial charge in [-0.2, -0.15) is 15.3 Å². The van der Waals surface area contributed by atoms with Crippen molar-refractivity contribution in [1.82, 2.24) is 59.5 Å². The molecule has 0 saturated heterocycles. The number of hydrogen-bond donors (Lipinski definition) is 6. The lowest BCUT2D eigenvalue weighted by Crippen LogP contribution is -2.39. The number of benzene rings is 4. The molecule has 0 saturated carbocycles. The summed E-state index contributed by atoms with van der Waals surface area (Å²) in [4.78, 5) is 47.4. The fourth-order valence-electron chi connectivity index (χ4n) is 7.82. The summed E-state index contributed by atoms with van der Waals surface area (Å²) < 4.78 is 3.70. The number of aliphatic hydroxyl groups is 2. The highest BCUT2D eigenvalue weighted by Gasteiger charge is 2.27. The van der Waals surface area contributed by atoms with Crippen molar-refractivity contribution in [3.05, 3.63) is 144 Å². The monoisotopic (exact) mass is 960 g/mol. The van der Waals surface area contributed by atoms with Gasteiger partial charge < -0.3 is 26.8 Å². The summed E-state index contributed by atoms with van der Waals surface area (Å²) in [7, 11) is 0. The summed E-state index contributed by atoms with van der Waals surface area (Å²) in [5.41, 5.74) is 18.2. The first-order chi connectivity index (χ1) is 32.4. The summed E-state index contributed by atoms with van der Waals surface area (Å²) in [6.07, 6.45) is 2.82. The molecule has 9 rings (SSSR count). The standard InChI is InChI=1S/C47H41BrN14O5/c1-3-35(64)59(46(66)27-8-6-5-7-9-27)19-21-62-45-38(39(58-62)29-15-17-33-31(22-29)24-53-56-33)42(50)54-43(55-45)26-10-12-28(13-11-26)47(67)60(36(65)4-2)18-20-61-44-37(41(49)51-25-52-44)40(57-61)30-14-16-32(48)34(63)23-30/h3-17,22-25,36,47,63,65,67H,1-2,18-21H2,(H,53,56)(H2,49,51,52)(H2,50,54,55). The summed E-state index contributed by atoms with van der Waals surface area (Å²) in [5, 5.41) is 51.8. The molecule has 0 fully saturated rings. The Balaban J connectivity index is 1.02. The number of aliphatic hydroxyl groups excluding tert-OH is 2. The van der Waals surface area contributed by atoms with Crippen LogP contribution in [0.1, 0.15) is 22.1 Å². The van der Waals surface area contributed by atoms with Crippen molar-refractivity contribution in [3.63, 3.8) is 0 Å². The Morgan fingerprint density at radius 2 is 1.48 bits per heavy atom. The van der Waals surface area contributed by atoms with Gasteiger partial charge in [-0.3, -0.25) is 19.6 Å². The van der Waals surface area contributed by atoms with Crippen molar-refractivity contribution in [2.24, 2.45) is 0 Å². The van der Waals surface area contributed by atoms with Gasteiger partial charge in [-0.1, -0.05) is 67.8 Å². The molecule has 0 radical (unpaired) electrons. The molecular formula is C47H41BrN14O5. The van der Waals surface area contributed by atoms with Crippen molar-refractivity contribution in [2.45, 2.75) is 25.5 Å². The van der Waals surface area contributed by atoms with Crippen LogP contribution in [-0.4, -0.2) is 106 Å². The van der Waals surface area contributed by atoms with E-state index in [1.165, 1.54) is 17.3 Å². The molecular weight excluding hydrogens is 921 g/mol. The van der Waals surface area contributed by atoms with E-state index in [0.717, 1.165) is 21.9 Å². The number of amides is 2. The number of nitrogens with zero attached hydrogens (tertiary/aromatic N) is 11. The first-order valence-corrected chi connectivity index (χ1v) is 21.5. The van der Waals surface area contributed by atoms with Crippen LogP contribution in [0.2, 0.25) is 0 Å². The van der Waals surface area contributed by atoms with E-state index < -0.39 is 24.3 Å². The highest BCUT2D eigenvalue weighted by molar-refractivity contribution is 9.10. The number of aromatic hydroxyl groups is 1. The molecule has 2 amide bonds. The van der Waals surface area contributed by atoms with Gasteiger partial charge in [0.05, 0.1) is 40.0 Å². The van der Waals surface area contributed by atoms with Crippen LogP contribution in [0.25, 0.3) is 66.9 Å². The van der Waals surface area contributed by atoms with Gasteiger partial charge in [0.1, 0.15) is 47.6 Å². The second-order valence-electron chi connectivity index (χ2n) is 15.3. The Kier molecular flexibility index (Phi) is 12.1. The molecule has 0 aliphatic carbocycles. The van der Waals surface area contributed by atoms with E-state index in [4.69, 9.17) is 31.6 Å². The van der Waals surface area contributed by atoms with Gasteiger partial charge in [0, 0.05) is 40.7 Å². The lowest BCUT2D eigenvalue weighted by atomic mass is 10.1. The van der Waals surface area contributed by atoms with E-state index in [0.29, 0.717) is 65.7 Å². The van der Waals surface area contributed by atoms with Crippen LogP contribution in [0, 0.1) is 0 Å². The van der Waals surface area contributed by atoms with Crippen molar-refractivity contribution in [2.75, 3.05) is 24.6 Å². The molecule has 0 bridgehead atoms. The Morgan fingerprint density at radius 3 is 2.19 bits per heavy atom. The fraction of sp³-hybridized carbons (Fsp3) is 0.128. The van der Waals surface area contributed by atoms with E-state index in [2.05, 4.69) is 49.3 Å². The average Bonchev–Trinajstić information content (AvgIpc) is 4.09. The number of aromatic nitrogens is 10. The highest BCUT2D eigenvalue weighted by atomic mass is 79.9. The number of phenols is 1. The SMILES string of the molecule is C=CC(=O)N(CCn1nc(-c2ccc3[nH]ncc3c2)c2c(N)nc(-c3ccc(C(O)N(CCn4nc(-c5ccc(Br)c(O)c5)c5c(N)ncnc54)C(O)C=C)cc3)nc21)C(=O)c1ccccc1. The predicted octanol–water partition coefficient (Wildman–Crippen LogP) is 5.83. The largest absolute Gasteiger partial charge is 0.507 e. The first kappa shape index (κ1) is 44.1. The third-order valence-corrected chi connectivity index (χ3v) is 11.9. The zero-order valence-electron chi connectivity index (χ0n) is 35.5. The van der Waals surface area contributed by atoms with E-state index >= 15 is 0 Å². The lowest BCUT2D eigenvalue weighted by molar-refractivity contribution is -0.123. The zero-order valence-corrected chi connectivity index (χ0v) is 37.1. The van der Waals surface area contributed by atoms with Crippen molar-refractivity contribution >= 4 is 72.3 Å². The molecule has 0 spiro atoms. The van der Waals surface area contributed by atoms with Crippen LogP contribution < -0.4 is 11.5 Å². The smallest absolute Gasteiger partial charge is 0.260 e. The molecule has 8 N–H and O–H groups in total. The van der Waals surface area contributed by atoms with Gasteiger partial charge in [0.2, 0.25) is 0 Å². The number of carbonyl (C=O) groups is 2. The number of nitrogens with one attached hydrogen (secondary N) is 1. The molecule has 20 heteroatoms. The maximum Gasteiger partial charge on any atom is 0.260 e. The number of imide groups is 1. The Morgan fingerprint density at radius 1 is 0.806 bits per heavy atom. The number of aromatic amines is 1. The number of fused-ring (bicyclic) bond motifs is 3. The van der Waals surface area contributed by atoms with Crippen LogP contribution in [0.3, 0.4) is 0 Å². The molecule has 5 heterocycles. The lowest BCUT2D eigenvalue weighted by Gasteiger charge is -2.31. The number of halogens is 1. The minimum absolute atomic E-state index is 0.0136. The molecule has 67 heavy (non-hydrogen) atoms. The van der Waals surface area contributed by atoms with Crippen LogP contribution >= 0.6 is 15.9 Å².